The SMILES string of the molecule is Cn1c(=O)c2c(ncn2CCOC(=O)c2ccc(S(N)(=O)=O)o2)n(C)c1=O. The minimum Gasteiger partial charge on any atom is -0.458 e. The Morgan fingerprint density at radius 1 is 1.26 bits per heavy atom. The van der Waals surface area contributed by atoms with E-state index in [1.807, 2.05) is 0 Å². The topological polar surface area (TPSA) is 161 Å². The van der Waals surface area contributed by atoms with Crippen molar-refractivity contribution in [3.05, 3.63) is 45.1 Å². The van der Waals surface area contributed by atoms with Gasteiger partial charge in [0.05, 0.1) is 12.9 Å². The molecule has 0 aliphatic heterocycles. The number of aryl methyl sites for hydroxylation is 1. The molecule has 0 radical (unpaired) electrons. The lowest BCUT2D eigenvalue weighted by Crippen LogP contribution is -2.37. The third-order valence-corrected chi connectivity index (χ3v) is 4.63. The Kier molecular flexibility index (Phi) is 4.49. The number of hydrogen-bond acceptors (Lipinski definition) is 8. The first-order valence-electron chi connectivity index (χ1n) is 7.52. The van der Waals surface area contributed by atoms with Gasteiger partial charge in [-0.1, -0.05) is 0 Å². The molecule has 0 unspecified atom stereocenters. The normalized spacial score (nSPS) is 11.8. The molecular formula is C14H15N5O7S. The molecule has 0 aromatic carbocycles. The molecule has 0 bridgehead atoms. The number of fused-ring (bicyclic) bond motifs is 1. The van der Waals surface area contributed by atoms with Gasteiger partial charge < -0.3 is 13.7 Å². The van der Waals surface area contributed by atoms with Crippen molar-refractivity contribution < 1.29 is 22.4 Å². The molecule has 0 saturated carbocycles. The molecule has 13 heteroatoms. The molecule has 2 N–H and O–H groups in total. The van der Waals surface area contributed by atoms with Crippen molar-refractivity contribution in [3.8, 4) is 0 Å². The summed E-state index contributed by atoms with van der Waals surface area (Å²) < 4.78 is 35.7. The fraction of sp³-hybridized carbons (Fsp3) is 0.286. The molecule has 3 aromatic rings. The second kappa shape index (κ2) is 6.51. The Bertz CT molecular complexity index is 1260. The summed E-state index contributed by atoms with van der Waals surface area (Å²) in [6.07, 6.45) is 1.35. The maximum absolute atomic E-state index is 12.3. The Balaban J connectivity index is 1.76. The highest BCUT2D eigenvalue weighted by atomic mass is 32.2. The van der Waals surface area contributed by atoms with Crippen molar-refractivity contribution in [1.82, 2.24) is 18.7 Å². The molecule has 0 atom stereocenters. The van der Waals surface area contributed by atoms with Crippen molar-refractivity contribution in [2.45, 2.75) is 11.6 Å². The highest BCUT2D eigenvalue weighted by Crippen LogP contribution is 2.13. The van der Waals surface area contributed by atoms with Crippen LogP contribution < -0.4 is 16.4 Å². The Hall–Kier alpha value is -3.19. The number of carbonyl (C=O) groups excluding carboxylic acids is 1. The standard InChI is InChI=1S/C14H15N5O7S/c1-17-11-10(12(20)18(2)14(17)22)19(7-16-11)5-6-25-13(21)8-3-4-9(26-8)27(15,23)24/h3-4,7H,5-6H2,1-2H3,(H2,15,23,24). The zero-order valence-corrected chi connectivity index (χ0v) is 15.1. The first kappa shape index (κ1) is 18.6. The number of sulfonamides is 1. The summed E-state index contributed by atoms with van der Waals surface area (Å²) in [5, 5.41) is 4.34. The summed E-state index contributed by atoms with van der Waals surface area (Å²) >= 11 is 0. The van der Waals surface area contributed by atoms with E-state index in [4.69, 9.17) is 14.3 Å². The number of furan rings is 1. The first-order chi connectivity index (χ1) is 12.6. The van der Waals surface area contributed by atoms with Gasteiger partial charge >= 0.3 is 11.7 Å². The van der Waals surface area contributed by atoms with Crippen LogP contribution >= 0.6 is 0 Å². The van der Waals surface area contributed by atoms with Crippen molar-refractivity contribution in [1.29, 1.82) is 0 Å². The number of rotatable bonds is 5. The molecule has 0 amide bonds. The number of aromatic nitrogens is 4. The number of hydrogen-bond donors (Lipinski definition) is 1. The lowest BCUT2D eigenvalue weighted by Gasteiger charge is -2.07. The predicted octanol–water partition coefficient (Wildman–Crippen LogP) is -1.47. The molecule has 3 rings (SSSR count). The van der Waals surface area contributed by atoms with E-state index in [1.165, 1.54) is 29.6 Å². The van der Waals surface area contributed by atoms with Crippen LogP contribution in [0.5, 0.6) is 0 Å². The molecule has 0 aliphatic carbocycles. The van der Waals surface area contributed by atoms with Crippen LogP contribution in [0.3, 0.4) is 0 Å². The van der Waals surface area contributed by atoms with E-state index in [0.717, 1.165) is 16.7 Å². The average molecular weight is 397 g/mol. The van der Waals surface area contributed by atoms with Crippen LogP contribution in [-0.4, -0.2) is 39.7 Å². The molecule has 27 heavy (non-hydrogen) atoms. The Morgan fingerprint density at radius 3 is 2.59 bits per heavy atom. The minimum absolute atomic E-state index is 0.0818. The van der Waals surface area contributed by atoms with Gasteiger partial charge in [-0.3, -0.25) is 13.9 Å². The molecule has 0 aliphatic rings. The number of primary sulfonamides is 1. The maximum atomic E-state index is 12.3. The van der Waals surface area contributed by atoms with Crippen molar-refractivity contribution in [2.75, 3.05) is 6.61 Å². The zero-order chi connectivity index (χ0) is 19.9. The quantitative estimate of drug-likeness (QED) is 0.510. The average Bonchev–Trinajstić information content (AvgIpc) is 3.25. The number of imidazole rings is 1. The molecule has 0 spiro atoms. The molecule has 0 saturated heterocycles. The van der Waals surface area contributed by atoms with E-state index in [2.05, 4.69) is 4.98 Å². The summed E-state index contributed by atoms with van der Waals surface area (Å²) in [5.41, 5.74) is -0.642. The highest BCUT2D eigenvalue weighted by Gasteiger charge is 2.19. The monoisotopic (exact) mass is 397 g/mol. The molecule has 3 aromatic heterocycles. The van der Waals surface area contributed by atoms with Gasteiger partial charge in [0.2, 0.25) is 10.9 Å². The summed E-state index contributed by atoms with van der Waals surface area (Å²) in [6.45, 7) is -0.0693. The van der Waals surface area contributed by atoms with E-state index in [1.54, 1.807) is 0 Å². The van der Waals surface area contributed by atoms with Crippen LogP contribution in [0, 0.1) is 0 Å². The number of carbonyl (C=O) groups is 1. The first-order valence-corrected chi connectivity index (χ1v) is 9.06. The van der Waals surface area contributed by atoms with Gasteiger partial charge in [0, 0.05) is 14.1 Å². The van der Waals surface area contributed by atoms with Gasteiger partial charge in [-0.15, -0.1) is 0 Å². The van der Waals surface area contributed by atoms with Crippen LogP contribution in [0.15, 0.2) is 37.6 Å². The van der Waals surface area contributed by atoms with E-state index >= 15 is 0 Å². The third-order valence-electron chi connectivity index (χ3n) is 3.85. The van der Waals surface area contributed by atoms with Crippen molar-refractivity contribution >= 4 is 27.2 Å². The second-order valence-corrected chi connectivity index (χ2v) is 7.11. The Labute approximate surface area is 151 Å². The van der Waals surface area contributed by atoms with E-state index in [-0.39, 0.29) is 30.1 Å². The van der Waals surface area contributed by atoms with Gasteiger partial charge in [0.25, 0.3) is 15.6 Å². The van der Waals surface area contributed by atoms with Gasteiger partial charge in [0.15, 0.2) is 11.2 Å². The lowest BCUT2D eigenvalue weighted by molar-refractivity contribution is 0.0450. The van der Waals surface area contributed by atoms with Crippen molar-refractivity contribution in [2.24, 2.45) is 19.2 Å². The van der Waals surface area contributed by atoms with Gasteiger partial charge in [-0.05, 0) is 12.1 Å². The largest absolute Gasteiger partial charge is 0.458 e. The van der Waals surface area contributed by atoms with E-state index in [9.17, 15) is 22.8 Å². The molecule has 12 nitrogen and oxygen atoms in total. The number of ether oxygens (including phenoxy) is 1. The van der Waals surface area contributed by atoms with Crippen LogP contribution in [0.1, 0.15) is 10.6 Å². The van der Waals surface area contributed by atoms with Gasteiger partial charge in [-0.2, -0.15) is 0 Å². The number of esters is 1. The van der Waals surface area contributed by atoms with Gasteiger partial charge in [0.1, 0.15) is 6.61 Å². The maximum Gasteiger partial charge on any atom is 0.374 e. The summed E-state index contributed by atoms with van der Waals surface area (Å²) in [4.78, 5) is 40.1. The van der Waals surface area contributed by atoms with Crippen LogP contribution in [0.25, 0.3) is 11.2 Å². The van der Waals surface area contributed by atoms with Crippen LogP contribution in [-0.2, 0) is 35.4 Å². The molecule has 144 valence electrons. The summed E-state index contributed by atoms with van der Waals surface area (Å²) in [5.74, 6) is -1.22. The van der Waals surface area contributed by atoms with Crippen LogP contribution in [0.2, 0.25) is 0 Å². The molecular weight excluding hydrogens is 382 g/mol. The number of nitrogens with zero attached hydrogens (tertiary/aromatic N) is 4. The smallest absolute Gasteiger partial charge is 0.374 e. The van der Waals surface area contributed by atoms with Crippen molar-refractivity contribution in [3.63, 3.8) is 0 Å². The van der Waals surface area contributed by atoms with Gasteiger partial charge in [-0.25, -0.2) is 28.1 Å². The highest BCUT2D eigenvalue weighted by molar-refractivity contribution is 7.89. The van der Waals surface area contributed by atoms with E-state index < -0.39 is 32.3 Å². The van der Waals surface area contributed by atoms with E-state index in [0.29, 0.717) is 0 Å². The predicted molar refractivity (Wildman–Crippen MR) is 90.6 cm³/mol. The summed E-state index contributed by atoms with van der Waals surface area (Å²) in [6, 6.07) is 2.17. The minimum atomic E-state index is -4.06. The van der Waals surface area contributed by atoms with Crippen LogP contribution in [0.4, 0.5) is 0 Å². The third kappa shape index (κ3) is 3.29. The summed E-state index contributed by atoms with van der Waals surface area (Å²) in [7, 11) is -1.23. The molecule has 0 fully saturated rings. The Morgan fingerprint density at radius 2 is 1.96 bits per heavy atom. The number of nitrogens with two attached hydrogens (primary N) is 1. The zero-order valence-electron chi connectivity index (χ0n) is 14.3. The lowest BCUT2D eigenvalue weighted by atomic mass is 10.4. The second-order valence-electron chi connectivity index (χ2n) is 5.62. The fourth-order valence-corrected chi connectivity index (χ4v) is 2.92. The molecule has 3 heterocycles. The fourth-order valence-electron chi connectivity index (χ4n) is 2.46.